The first-order chi connectivity index (χ1) is 16.2. The number of halogens is 3. The van der Waals surface area contributed by atoms with Gasteiger partial charge in [-0.3, -0.25) is 4.79 Å². The van der Waals surface area contributed by atoms with E-state index in [9.17, 15) is 27.9 Å². The third-order valence-corrected chi connectivity index (χ3v) is 6.48. The molecule has 184 valence electrons. The van der Waals surface area contributed by atoms with Gasteiger partial charge in [0, 0.05) is 5.56 Å². The number of aryl methyl sites for hydroxylation is 3. The number of nitrogens with zero attached hydrogens (tertiary/aromatic N) is 1. The van der Waals surface area contributed by atoms with Crippen molar-refractivity contribution in [2.24, 2.45) is 0 Å². The fraction of sp³-hybridized carbons (Fsp3) is 0.269. The fourth-order valence-electron chi connectivity index (χ4n) is 3.34. The molecule has 0 atom stereocenters. The van der Waals surface area contributed by atoms with E-state index in [-0.39, 0.29) is 5.78 Å². The van der Waals surface area contributed by atoms with Crippen molar-refractivity contribution < 1.29 is 32.6 Å². The number of benzene rings is 2. The lowest BCUT2D eigenvalue weighted by atomic mass is 10.0. The van der Waals surface area contributed by atoms with Crippen LogP contribution in [0.2, 0.25) is 0 Å². The standard InChI is InChI=1S/C26H24F3NO4S/c1-14-12-17(13-15(2)21(14)34-25(4,5)24(32)33)6-11-20(31)22-16(3)30-23(35-22)18-7-9-19(10-8-18)26(27,28)29/h6-13H,1-5H3,(H,32,33)/b11-6+. The summed E-state index contributed by atoms with van der Waals surface area (Å²) in [6.45, 7) is 8.20. The maximum Gasteiger partial charge on any atom is 0.416 e. The lowest BCUT2D eigenvalue weighted by Gasteiger charge is -2.24. The van der Waals surface area contributed by atoms with Crippen molar-refractivity contribution in [2.75, 3.05) is 0 Å². The van der Waals surface area contributed by atoms with Crippen LogP contribution in [-0.2, 0) is 11.0 Å². The van der Waals surface area contributed by atoms with Gasteiger partial charge < -0.3 is 9.84 Å². The Kier molecular flexibility index (Phi) is 7.21. The second-order valence-electron chi connectivity index (χ2n) is 8.61. The predicted octanol–water partition coefficient (Wildman–Crippen LogP) is 6.89. The summed E-state index contributed by atoms with van der Waals surface area (Å²) in [5.74, 6) is -0.886. The Morgan fingerprint density at radius 2 is 1.60 bits per heavy atom. The maximum atomic E-state index is 12.8. The number of rotatable bonds is 7. The second kappa shape index (κ2) is 9.65. The van der Waals surface area contributed by atoms with Gasteiger partial charge in [-0.25, -0.2) is 9.78 Å². The van der Waals surface area contributed by atoms with Gasteiger partial charge in [-0.2, -0.15) is 13.2 Å². The minimum atomic E-state index is -4.42. The summed E-state index contributed by atoms with van der Waals surface area (Å²) < 4.78 is 44.1. The molecule has 5 nitrogen and oxygen atoms in total. The summed E-state index contributed by atoms with van der Waals surface area (Å²) in [6.07, 6.45) is -1.37. The van der Waals surface area contributed by atoms with Crippen LogP contribution < -0.4 is 4.74 Å². The fourth-order valence-corrected chi connectivity index (χ4v) is 4.33. The van der Waals surface area contributed by atoms with E-state index in [4.69, 9.17) is 4.74 Å². The summed E-state index contributed by atoms with van der Waals surface area (Å²) >= 11 is 1.12. The van der Waals surface area contributed by atoms with Crippen molar-refractivity contribution in [1.82, 2.24) is 4.98 Å². The Balaban J connectivity index is 1.80. The quantitative estimate of drug-likeness (QED) is 0.281. The first kappa shape index (κ1) is 26.2. The number of ether oxygens (including phenoxy) is 1. The Labute approximate surface area is 204 Å². The average molecular weight is 504 g/mol. The van der Waals surface area contributed by atoms with Crippen LogP contribution >= 0.6 is 11.3 Å². The van der Waals surface area contributed by atoms with Gasteiger partial charge in [0.25, 0.3) is 0 Å². The van der Waals surface area contributed by atoms with Crippen LogP contribution in [0.25, 0.3) is 16.6 Å². The van der Waals surface area contributed by atoms with Crippen molar-refractivity contribution in [3.63, 3.8) is 0 Å². The molecule has 0 aliphatic heterocycles. The Morgan fingerprint density at radius 3 is 2.11 bits per heavy atom. The van der Waals surface area contributed by atoms with Gasteiger partial charge in [-0.1, -0.05) is 18.2 Å². The molecule has 3 aromatic rings. The lowest BCUT2D eigenvalue weighted by Crippen LogP contribution is -2.38. The summed E-state index contributed by atoms with van der Waals surface area (Å²) in [5, 5.41) is 9.77. The largest absolute Gasteiger partial charge is 0.478 e. The smallest absolute Gasteiger partial charge is 0.416 e. The molecule has 0 bridgehead atoms. The Morgan fingerprint density at radius 1 is 1.03 bits per heavy atom. The number of allylic oxidation sites excluding steroid dienone is 1. The molecule has 1 aromatic heterocycles. The molecule has 35 heavy (non-hydrogen) atoms. The van der Waals surface area contributed by atoms with E-state index >= 15 is 0 Å². The molecule has 0 amide bonds. The molecular formula is C26H24F3NO4S. The van der Waals surface area contributed by atoms with Crippen molar-refractivity contribution >= 4 is 29.2 Å². The van der Waals surface area contributed by atoms with E-state index < -0.39 is 23.3 Å². The monoisotopic (exact) mass is 503 g/mol. The molecule has 1 heterocycles. The predicted molar refractivity (Wildman–Crippen MR) is 129 cm³/mol. The highest BCUT2D eigenvalue weighted by atomic mass is 32.1. The van der Waals surface area contributed by atoms with Crippen molar-refractivity contribution in [3.8, 4) is 16.3 Å². The van der Waals surface area contributed by atoms with Crippen molar-refractivity contribution in [1.29, 1.82) is 0 Å². The van der Waals surface area contributed by atoms with Gasteiger partial charge >= 0.3 is 12.1 Å². The van der Waals surface area contributed by atoms with E-state index in [0.29, 0.717) is 26.9 Å². The molecule has 2 aromatic carbocycles. The maximum absolute atomic E-state index is 12.8. The average Bonchev–Trinajstić information content (AvgIpc) is 3.15. The molecule has 1 N–H and O–H groups in total. The minimum Gasteiger partial charge on any atom is -0.478 e. The number of carboxylic acid groups (broad SMARTS) is 1. The van der Waals surface area contributed by atoms with Gasteiger partial charge in [-0.05, 0) is 81.7 Å². The number of carbonyl (C=O) groups is 2. The van der Waals surface area contributed by atoms with E-state index in [1.807, 2.05) is 0 Å². The van der Waals surface area contributed by atoms with Gasteiger partial charge in [0.2, 0.25) is 0 Å². The third kappa shape index (κ3) is 5.97. The molecule has 0 saturated heterocycles. The number of carbonyl (C=O) groups excluding carboxylic acids is 1. The molecule has 0 spiro atoms. The SMILES string of the molecule is Cc1cc(/C=C/C(=O)c2sc(-c3ccc(C(F)(F)F)cc3)nc2C)cc(C)c1OC(C)(C)C(=O)O. The number of thiazole rings is 1. The topological polar surface area (TPSA) is 76.5 Å². The summed E-state index contributed by atoms with van der Waals surface area (Å²) in [4.78, 5) is 28.9. The van der Waals surface area contributed by atoms with E-state index in [1.54, 1.807) is 39.0 Å². The first-order valence-corrected chi connectivity index (χ1v) is 11.4. The zero-order valence-electron chi connectivity index (χ0n) is 19.8. The number of ketones is 1. The summed E-state index contributed by atoms with van der Waals surface area (Å²) in [6, 6.07) is 8.23. The van der Waals surface area contributed by atoms with Gasteiger partial charge in [-0.15, -0.1) is 11.3 Å². The van der Waals surface area contributed by atoms with E-state index in [1.165, 1.54) is 32.1 Å². The molecule has 9 heteroatoms. The van der Waals surface area contributed by atoms with Crippen LogP contribution in [0.4, 0.5) is 13.2 Å². The first-order valence-electron chi connectivity index (χ1n) is 10.6. The molecule has 3 rings (SSSR count). The van der Waals surface area contributed by atoms with Gasteiger partial charge in [0.15, 0.2) is 11.4 Å². The number of alkyl halides is 3. The molecule has 0 unspecified atom stereocenters. The summed E-state index contributed by atoms with van der Waals surface area (Å²) in [7, 11) is 0. The minimum absolute atomic E-state index is 0.277. The number of hydrogen-bond acceptors (Lipinski definition) is 5. The molecule has 0 aliphatic carbocycles. The normalized spacial score (nSPS) is 12.2. The molecule has 0 aliphatic rings. The van der Waals surface area contributed by atoms with Gasteiger partial charge in [0.05, 0.1) is 16.1 Å². The van der Waals surface area contributed by atoms with Crippen LogP contribution in [0.3, 0.4) is 0 Å². The Hall–Kier alpha value is -3.46. The van der Waals surface area contributed by atoms with Crippen LogP contribution in [-0.4, -0.2) is 27.4 Å². The lowest BCUT2D eigenvalue weighted by molar-refractivity contribution is -0.152. The molecule has 0 saturated carbocycles. The molecule has 0 fully saturated rings. The van der Waals surface area contributed by atoms with Crippen molar-refractivity contribution in [2.45, 2.75) is 46.4 Å². The number of carboxylic acids is 1. The van der Waals surface area contributed by atoms with Gasteiger partial charge in [0.1, 0.15) is 10.8 Å². The second-order valence-corrected chi connectivity index (χ2v) is 9.61. The van der Waals surface area contributed by atoms with Crippen LogP contribution in [0.15, 0.2) is 42.5 Å². The Bertz CT molecular complexity index is 1280. The van der Waals surface area contributed by atoms with E-state index in [2.05, 4.69) is 4.98 Å². The molecular weight excluding hydrogens is 479 g/mol. The van der Waals surface area contributed by atoms with Crippen molar-refractivity contribution in [3.05, 3.63) is 75.3 Å². The molecule has 0 radical (unpaired) electrons. The highest BCUT2D eigenvalue weighted by Gasteiger charge is 2.31. The van der Waals surface area contributed by atoms with Crippen LogP contribution in [0.1, 0.15) is 51.5 Å². The third-order valence-electron chi connectivity index (χ3n) is 5.26. The highest BCUT2D eigenvalue weighted by Crippen LogP contribution is 2.33. The number of aliphatic carboxylic acids is 1. The number of aromatic nitrogens is 1. The zero-order valence-corrected chi connectivity index (χ0v) is 20.6. The van der Waals surface area contributed by atoms with Crippen LogP contribution in [0.5, 0.6) is 5.75 Å². The highest BCUT2D eigenvalue weighted by molar-refractivity contribution is 7.17. The summed E-state index contributed by atoms with van der Waals surface area (Å²) in [5.41, 5.74) is 1.04. The zero-order chi connectivity index (χ0) is 26.1. The number of hydrogen-bond donors (Lipinski definition) is 1. The van der Waals surface area contributed by atoms with Crippen LogP contribution in [0, 0.1) is 20.8 Å². The van der Waals surface area contributed by atoms with E-state index in [0.717, 1.165) is 40.2 Å².